The highest BCUT2D eigenvalue weighted by atomic mass is 16.5. The maximum Gasteiger partial charge on any atom is 0.303 e. The first-order chi connectivity index (χ1) is 8.13. The highest BCUT2D eigenvalue weighted by Gasteiger charge is 2.08. The number of ether oxygens (including phenoxy) is 1. The third kappa shape index (κ3) is 4.68. The van der Waals surface area contributed by atoms with Gasteiger partial charge in [0.05, 0.1) is 6.61 Å². The highest BCUT2D eigenvalue weighted by molar-refractivity contribution is 5.96. The smallest absolute Gasteiger partial charge is 0.303 e. The van der Waals surface area contributed by atoms with Gasteiger partial charge in [-0.3, -0.25) is 9.59 Å². The Bertz CT molecular complexity index is 398. The van der Waals surface area contributed by atoms with Crippen molar-refractivity contribution >= 4 is 11.8 Å². The Labute approximate surface area is 100 Å². The Hall–Kier alpha value is -1.84. The lowest BCUT2D eigenvalue weighted by Gasteiger charge is -2.05. The van der Waals surface area contributed by atoms with E-state index in [0.717, 1.165) is 0 Å². The van der Waals surface area contributed by atoms with E-state index in [4.69, 9.17) is 9.84 Å². The molecule has 92 valence electrons. The monoisotopic (exact) mass is 236 g/mol. The van der Waals surface area contributed by atoms with Crippen LogP contribution in [0.1, 0.15) is 36.5 Å². The first-order valence-corrected chi connectivity index (χ1v) is 5.61. The van der Waals surface area contributed by atoms with Crippen molar-refractivity contribution < 1.29 is 19.4 Å². The van der Waals surface area contributed by atoms with Gasteiger partial charge in [0.15, 0.2) is 5.78 Å². The standard InChI is InChI=1S/C13H16O4/c1-2-17-11-6-3-5-10(9-11)12(14)7-4-8-13(15)16/h3,5-6,9H,2,4,7-8H2,1H3,(H,15,16). The van der Waals surface area contributed by atoms with Crippen LogP contribution in [0, 0.1) is 0 Å². The van der Waals surface area contributed by atoms with Crippen molar-refractivity contribution in [2.45, 2.75) is 26.2 Å². The van der Waals surface area contributed by atoms with Gasteiger partial charge in [-0.05, 0) is 25.5 Å². The lowest BCUT2D eigenvalue weighted by molar-refractivity contribution is -0.137. The van der Waals surface area contributed by atoms with Gasteiger partial charge in [0, 0.05) is 18.4 Å². The zero-order chi connectivity index (χ0) is 12.7. The van der Waals surface area contributed by atoms with Crippen LogP contribution in [0.3, 0.4) is 0 Å². The van der Waals surface area contributed by atoms with Crippen molar-refractivity contribution in [3.63, 3.8) is 0 Å². The van der Waals surface area contributed by atoms with E-state index in [9.17, 15) is 9.59 Å². The number of hydrogen-bond acceptors (Lipinski definition) is 3. The Morgan fingerprint density at radius 2 is 2.06 bits per heavy atom. The number of carbonyl (C=O) groups is 2. The molecule has 0 saturated carbocycles. The zero-order valence-corrected chi connectivity index (χ0v) is 9.81. The number of rotatable bonds is 7. The number of ketones is 1. The van der Waals surface area contributed by atoms with E-state index in [1.807, 2.05) is 6.92 Å². The van der Waals surface area contributed by atoms with Crippen LogP contribution in [0.4, 0.5) is 0 Å². The summed E-state index contributed by atoms with van der Waals surface area (Å²) >= 11 is 0. The maximum absolute atomic E-state index is 11.7. The van der Waals surface area contributed by atoms with Gasteiger partial charge in [0.2, 0.25) is 0 Å². The summed E-state index contributed by atoms with van der Waals surface area (Å²) in [6.07, 6.45) is 0.645. The number of carbonyl (C=O) groups excluding carboxylic acids is 1. The number of benzene rings is 1. The van der Waals surface area contributed by atoms with E-state index in [2.05, 4.69) is 0 Å². The van der Waals surface area contributed by atoms with Crippen LogP contribution < -0.4 is 4.74 Å². The summed E-state index contributed by atoms with van der Waals surface area (Å²) < 4.78 is 5.29. The van der Waals surface area contributed by atoms with Crippen LogP contribution in [0.2, 0.25) is 0 Å². The zero-order valence-electron chi connectivity index (χ0n) is 9.81. The summed E-state index contributed by atoms with van der Waals surface area (Å²) in [6.45, 7) is 2.43. The van der Waals surface area contributed by atoms with Crippen molar-refractivity contribution in [3.05, 3.63) is 29.8 Å². The summed E-state index contributed by atoms with van der Waals surface area (Å²) in [5, 5.41) is 8.48. The molecule has 0 heterocycles. The molecule has 1 aromatic carbocycles. The van der Waals surface area contributed by atoms with Crippen LogP contribution in [0.5, 0.6) is 5.75 Å². The third-order valence-electron chi connectivity index (χ3n) is 2.26. The van der Waals surface area contributed by atoms with Crippen LogP contribution in [-0.2, 0) is 4.79 Å². The van der Waals surface area contributed by atoms with Crippen LogP contribution in [0.25, 0.3) is 0 Å². The van der Waals surface area contributed by atoms with Crippen molar-refractivity contribution in [2.75, 3.05) is 6.61 Å². The van der Waals surface area contributed by atoms with Gasteiger partial charge in [0.1, 0.15) is 5.75 Å². The molecule has 0 amide bonds. The number of aliphatic carboxylic acids is 1. The minimum absolute atomic E-state index is 0.0247. The molecule has 1 aromatic rings. The molecule has 0 unspecified atom stereocenters. The summed E-state index contributed by atoms with van der Waals surface area (Å²) in [5.41, 5.74) is 0.571. The fraction of sp³-hybridized carbons (Fsp3) is 0.385. The molecule has 1 N–H and O–H groups in total. The van der Waals surface area contributed by atoms with Gasteiger partial charge >= 0.3 is 5.97 Å². The summed E-state index contributed by atoms with van der Waals surface area (Å²) in [5.74, 6) is -0.259. The normalized spacial score (nSPS) is 9.94. The topological polar surface area (TPSA) is 63.6 Å². The van der Waals surface area contributed by atoms with Gasteiger partial charge < -0.3 is 9.84 Å². The third-order valence-corrected chi connectivity index (χ3v) is 2.26. The molecule has 0 atom stereocenters. The maximum atomic E-state index is 11.7. The van der Waals surface area contributed by atoms with E-state index in [-0.39, 0.29) is 18.6 Å². The van der Waals surface area contributed by atoms with Crippen molar-refractivity contribution in [2.24, 2.45) is 0 Å². The number of Topliss-reactive ketones (excluding diaryl/α,β-unsaturated/α-hetero) is 1. The first-order valence-electron chi connectivity index (χ1n) is 5.61. The van der Waals surface area contributed by atoms with E-state index in [1.54, 1.807) is 24.3 Å². The summed E-state index contributed by atoms with van der Waals surface area (Å²) in [6, 6.07) is 6.95. The Kier molecular flexibility index (Phi) is 5.20. The fourth-order valence-corrected chi connectivity index (χ4v) is 1.47. The fourth-order valence-electron chi connectivity index (χ4n) is 1.47. The van der Waals surface area contributed by atoms with Crippen LogP contribution in [0.15, 0.2) is 24.3 Å². The molecule has 0 saturated heterocycles. The minimum Gasteiger partial charge on any atom is -0.494 e. The average Bonchev–Trinajstić information content (AvgIpc) is 2.29. The van der Waals surface area contributed by atoms with Crippen molar-refractivity contribution in [1.29, 1.82) is 0 Å². The van der Waals surface area contributed by atoms with Crippen LogP contribution >= 0.6 is 0 Å². The number of carboxylic acids is 1. The molecule has 0 radical (unpaired) electrons. The molecule has 0 fully saturated rings. The Morgan fingerprint density at radius 1 is 1.29 bits per heavy atom. The molecule has 4 nitrogen and oxygen atoms in total. The van der Waals surface area contributed by atoms with Gasteiger partial charge in [0.25, 0.3) is 0 Å². The van der Waals surface area contributed by atoms with E-state index in [1.165, 1.54) is 0 Å². The van der Waals surface area contributed by atoms with Gasteiger partial charge in [-0.15, -0.1) is 0 Å². The second-order valence-corrected chi connectivity index (χ2v) is 3.63. The van der Waals surface area contributed by atoms with E-state index >= 15 is 0 Å². The lowest BCUT2D eigenvalue weighted by Crippen LogP contribution is -2.02. The van der Waals surface area contributed by atoms with Crippen molar-refractivity contribution in [1.82, 2.24) is 0 Å². The van der Waals surface area contributed by atoms with Crippen LogP contribution in [-0.4, -0.2) is 23.5 Å². The predicted molar refractivity (Wildman–Crippen MR) is 63.4 cm³/mol. The van der Waals surface area contributed by atoms with Crippen molar-refractivity contribution in [3.8, 4) is 5.75 Å². The molecule has 0 aliphatic heterocycles. The van der Waals surface area contributed by atoms with Gasteiger partial charge in [-0.2, -0.15) is 0 Å². The van der Waals surface area contributed by atoms with E-state index < -0.39 is 5.97 Å². The number of hydrogen-bond donors (Lipinski definition) is 1. The highest BCUT2D eigenvalue weighted by Crippen LogP contribution is 2.15. The second kappa shape index (κ2) is 6.68. The molecule has 0 aromatic heterocycles. The number of carboxylic acid groups (broad SMARTS) is 1. The average molecular weight is 236 g/mol. The minimum atomic E-state index is -0.874. The Balaban J connectivity index is 2.56. The molecule has 1 rings (SSSR count). The SMILES string of the molecule is CCOc1cccc(C(=O)CCCC(=O)O)c1. The summed E-state index contributed by atoms with van der Waals surface area (Å²) in [4.78, 5) is 22.1. The predicted octanol–water partition coefficient (Wildman–Crippen LogP) is 2.52. The van der Waals surface area contributed by atoms with E-state index in [0.29, 0.717) is 24.3 Å². The molecular weight excluding hydrogens is 220 g/mol. The van der Waals surface area contributed by atoms with Gasteiger partial charge in [-0.25, -0.2) is 0 Å². The Morgan fingerprint density at radius 3 is 2.71 bits per heavy atom. The second-order valence-electron chi connectivity index (χ2n) is 3.63. The quantitative estimate of drug-likeness (QED) is 0.739. The van der Waals surface area contributed by atoms with Gasteiger partial charge in [-0.1, -0.05) is 12.1 Å². The largest absolute Gasteiger partial charge is 0.494 e. The molecule has 4 heteroatoms. The molecule has 17 heavy (non-hydrogen) atoms. The molecule has 0 aliphatic rings. The molecule has 0 spiro atoms. The molecule has 0 bridgehead atoms. The summed E-state index contributed by atoms with van der Waals surface area (Å²) in [7, 11) is 0. The molecular formula is C13H16O4. The first kappa shape index (κ1) is 13.2. The lowest BCUT2D eigenvalue weighted by atomic mass is 10.1. The molecule has 0 aliphatic carbocycles.